The smallest absolute Gasteiger partial charge is 0.113 e. The van der Waals surface area contributed by atoms with Crippen molar-refractivity contribution in [3.8, 4) is 0 Å². The second-order valence-corrected chi connectivity index (χ2v) is 8.25. The van der Waals surface area contributed by atoms with E-state index in [4.69, 9.17) is 0 Å². The maximum atomic E-state index is 4.61. The molecular weight excluding hydrogens is 252 g/mol. The third-order valence-electron chi connectivity index (χ3n) is 4.47. The average molecular weight is 280 g/mol. The Bertz CT molecular complexity index is 381. The molecule has 1 aromatic heterocycles. The van der Waals surface area contributed by atoms with E-state index in [-0.39, 0.29) is 5.54 Å². The van der Waals surface area contributed by atoms with Crippen molar-refractivity contribution in [3.63, 3.8) is 0 Å². The molecule has 1 fully saturated rings. The van der Waals surface area contributed by atoms with Gasteiger partial charge in [-0.3, -0.25) is 0 Å². The highest BCUT2D eigenvalue weighted by atomic mass is 32.1. The molecule has 0 atom stereocenters. The van der Waals surface area contributed by atoms with Crippen LogP contribution in [0.5, 0.6) is 0 Å². The van der Waals surface area contributed by atoms with Crippen LogP contribution in [-0.2, 0) is 5.54 Å². The van der Waals surface area contributed by atoms with Gasteiger partial charge in [-0.15, -0.1) is 11.3 Å². The molecule has 1 saturated carbocycles. The van der Waals surface area contributed by atoms with E-state index in [1.54, 1.807) is 11.3 Å². The zero-order valence-corrected chi connectivity index (χ0v) is 13.8. The zero-order chi connectivity index (χ0) is 14.1. The minimum absolute atomic E-state index is 0.129. The standard InChI is InChI=1S/C16H28N2S/c1-12(2)18-16(14-17-10-11-19-14)8-6-13(7-9-16)15(3,4)5/h10-13,18H,6-9H2,1-5H3. The summed E-state index contributed by atoms with van der Waals surface area (Å²) < 4.78 is 0. The molecule has 0 saturated heterocycles. The van der Waals surface area contributed by atoms with Crippen LogP contribution < -0.4 is 5.32 Å². The average Bonchev–Trinajstić information content (AvgIpc) is 2.81. The van der Waals surface area contributed by atoms with Crippen LogP contribution in [0.3, 0.4) is 0 Å². The molecule has 1 aliphatic carbocycles. The van der Waals surface area contributed by atoms with Crippen LogP contribution in [0.2, 0.25) is 0 Å². The minimum atomic E-state index is 0.129. The molecule has 0 aromatic carbocycles. The van der Waals surface area contributed by atoms with Gasteiger partial charge in [0, 0.05) is 17.6 Å². The quantitative estimate of drug-likeness (QED) is 0.877. The van der Waals surface area contributed by atoms with Crippen LogP contribution in [0.4, 0.5) is 0 Å². The van der Waals surface area contributed by atoms with Gasteiger partial charge in [-0.2, -0.15) is 0 Å². The molecule has 2 rings (SSSR count). The van der Waals surface area contributed by atoms with Gasteiger partial charge in [0.1, 0.15) is 5.01 Å². The lowest BCUT2D eigenvalue weighted by Crippen LogP contribution is -2.49. The fourth-order valence-electron chi connectivity index (χ4n) is 3.41. The first-order valence-electron chi connectivity index (χ1n) is 7.51. The summed E-state index contributed by atoms with van der Waals surface area (Å²) in [6.07, 6.45) is 7.01. The molecule has 0 bridgehead atoms. The van der Waals surface area contributed by atoms with Gasteiger partial charge in [-0.25, -0.2) is 4.98 Å². The Morgan fingerprint density at radius 1 is 1.32 bits per heavy atom. The molecule has 0 unspecified atom stereocenters. The predicted octanol–water partition coefficient (Wildman–Crippen LogP) is 4.57. The van der Waals surface area contributed by atoms with Crippen molar-refractivity contribution < 1.29 is 0 Å². The number of hydrogen-bond donors (Lipinski definition) is 1. The van der Waals surface area contributed by atoms with Gasteiger partial charge in [0.15, 0.2) is 0 Å². The summed E-state index contributed by atoms with van der Waals surface area (Å²) in [5.74, 6) is 0.842. The van der Waals surface area contributed by atoms with Gasteiger partial charge in [0.25, 0.3) is 0 Å². The van der Waals surface area contributed by atoms with Crippen LogP contribution in [0, 0.1) is 11.3 Å². The van der Waals surface area contributed by atoms with Crippen molar-refractivity contribution in [2.75, 3.05) is 0 Å². The number of rotatable bonds is 3. The van der Waals surface area contributed by atoms with E-state index in [9.17, 15) is 0 Å². The van der Waals surface area contributed by atoms with E-state index < -0.39 is 0 Å². The van der Waals surface area contributed by atoms with Gasteiger partial charge in [-0.1, -0.05) is 20.8 Å². The molecule has 1 N–H and O–H groups in total. The SMILES string of the molecule is CC(C)NC1(c2nccs2)CCC(C(C)(C)C)CC1. The summed E-state index contributed by atoms with van der Waals surface area (Å²) in [6, 6.07) is 0.509. The predicted molar refractivity (Wildman–Crippen MR) is 83.5 cm³/mol. The summed E-state index contributed by atoms with van der Waals surface area (Å²) in [6.45, 7) is 11.6. The van der Waals surface area contributed by atoms with E-state index in [0.717, 1.165) is 5.92 Å². The summed E-state index contributed by atoms with van der Waals surface area (Å²) in [4.78, 5) is 4.61. The summed E-state index contributed by atoms with van der Waals surface area (Å²) >= 11 is 1.81. The van der Waals surface area contributed by atoms with Gasteiger partial charge >= 0.3 is 0 Å². The maximum Gasteiger partial charge on any atom is 0.113 e. The number of thiazole rings is 1. The Kier molecular flexibility index (Phi) is 4.36. The third kappa shape index (κ3) is 3.38. The van der Waals surface area contributed by atoms with Gasteiger partial charge in [0.2, 0.25) is 0 Å². The molecule has 1 aliphatic rings. The van der Waals surface area contributed by atoms with Crippen LogP contribution in [0.1, 0.15) is 65.3 Å². The summed E-state index contributed by atoms with van der Waals surface area (Å²) in [7, 11) is 0. The van der Waals surface area contributed by atoms with E-state index in [0.29, 0.717) is 11.5 Å². The Morgan fingerprint density at radius 3 is 2.37 bits per heavy atom. The molecule has 1 heterocycles. The lowest BCUT2D eigenvalue weighted by atomic mass is 9.67. The highest BCUT2D eigenvalue weighted by molar-refractivity contribution is 7.09. The highest BCUT2D eigenvalue weighted by Gasteiger charge is 2.41. The minimum Gasteiger partial charge on any atom is -0.303 e. The second-order valence-electron chi connectivity index (χ2n) is 7.36. The van der Waals surface area contributed by atoms with Crippen molar-refractivity contribution in [2.45, 2.75) is 71.9 Å². The van der Waals surface area contributed by atoms with E-state index in [1.807, 2.05) is 6.20 Å². The molecule has 1 aromatic rings. The Hall–Kier alpha value is -0.410. The number of aromatic nitrogens is 1. The number of nitrogens with one attached hydrogen (secondary N) is 1. The number of hydrogen-bond acceptors (Lipinski definition) is 3. The van der Waals surface area contributed by atoms with Gasteiger partial charge < -0.3 is 5.32 Å². The van der Waals surface area contributed by atoms with Gasteiger partial charge in [-0.05, 0) is 50.9 Å². The Balaban J connectivity index is 2.15. The molecule has 3 heteroatoms. The first kappa shape index (κ1) is 15.0. The zero-order valence-electron chi connectivity index (χ0n) is 13.0. The Labute approximate surface area is 122 Å². The fourth-order valence-corrected chi connectivity index (χ4v) is 4.27. The monoisotopic (exact) mass is 280 g/mol. The van der Waals surface area contributed by atoms with Crippen LogP contribution in [-0.4, -0.2) is 11.0 Å². The number of nitrogens with zero attached hydrogens (tertiary/aromatic N) is 1. The third-order valence-corrected chi connectivity index (χ3v) is 5.45. The molecular formula is C16H28N2S. The normalized spacial score (nSPS) is 28.8. The first-order chi connectivity index (χ1) is 8.83. The van der Waals surface area contributed by atoms with Crippen LogP contribution in [0.25, 0.3) is 0 Å². The lowest BCUT2D eigenvalue weighted by Gasteiger charge is -2.44. The molecule has 19 heavy (non-hydrogen) atoms. The fraction of sp³-hybridized carbons (Fsp3) is 0.812. The van der Waals surface area contributed by atoms with E-state index in [2.05, 4.69) is 50.3 Å². The molecule has 2 nitrogen and oxygen atoms in total. The van der Waals surface area contributed by atoms with Crippen molar-refractivity contribution >= 4 is 11.3 Å². The molecule has 0 spiro atoms. The molecule has 0 amide bonds. The van der Waals surface area contributed by atoms with E-state index >= 15 is 0 Å². The van der Waals surface area contributed by atoms with Gasteiger partial charge in [0.05, 0.1) is 5.54 Å². The topological polar surface area (TPSA) is 24.9 Å². The lowest BCUT2D eigenvalue weighted by molar-refractivity contribution is 0.107. The van der Waals surface area contributed by atoms with Crippen molar-refractivity contribution in [2.24, 2.45) is 11.3 Å². The molecule has 0 radical (unpaired) electrons. The summed E-state index contributed by atoms with van der Waals surface area (Å²) in [5, 5.41) is 7.21. The molecule has 0 aliphatic heterocycles. The van der Waals surface area contributed by atoms with E-state index in [1.165, 1.54) is 30.7 Å². The molecule has 108 valence electrons. The van der Waals surface area contributed by atoms with Crippen LogP contribution >= 0.6 is 11.3 Å². The van der Waals surface area contributed by atoms with Crippen molar-refractivity contribution in [3.05, 3.63) is 16.6 Å². The largest absolute Gasteiger partial charge is 0.303 e. The first-order valence-corrected chi connectivity index (χ1v) is 8.39. The van der Waals surface area contributed by atoms with Crippen molar-refractivity contribution in [1.82, 2.24) is 10.3 Å². The Morgan fingerprint density at radius 2 is 1.95 bits per heavy atom. The second kappa shape index (κ2) is 5.53. The van der Waals surface area contributed by atoms with Crippen molar-refractivity contribution in [1.29, 1.82) is 0 Å². The summed E-state index contributed by atoms with van der Waals surface area (Å²) in [5.41, 5.74) is 0.566. The van der Waals surface area contributed by atoms with Crippen LogP contribution in [0.15, 0.2) is 11.6 Å². The highest BCUT2D eigenvalue weighted by Crippen LogP contribution is 2.46. The maximum absolute atomic E-state index is 4.61.